The van der Waals surface area contributed by atoms with Crippen molar-refractivity contribution in [1.82, 2.24) is 0 Å². The van der Waals surface area contributed by atoms with Gasteiger partial charge in [0.15, 0.2) is 0 Å². The van der Waals surface area contributed by atoms with Crippen molar-refractivity contribution in [1.29, 1.82) is 0 Å². The zero-order chi connectivity index (χ0) is 11.9. The van der Waals surface area contributed by atoms with Crippen LogP contribution in [0.1, 0.15) is 35.1 Å². The molecule has 88 valence electrons. The summed E-state index contributed by atoms with van der Waals surface area (Å²) in [6, 6.07) is 17.8. The summed E-state index contributed by atoms with van der Waals surface area (Å²) in [7, 11) is 0. The standard InChI is InChI=1S/C18H16/c1-3-7-16-13(5-1)9-11-15-12-10-14-6-2-4-8-17(14)18(15)16/h1-8H,9-12H2. The van der Waals surface area contributed by atoms with Crippen molar-refractivity contribution < 1.29 is 0 Å². The summed E-state index contributed by atoms with van der Waals surface area (Å²) in [5, 5.41) is 0. The van der Waals surface area contributed by atoms with Crippen LogP contribution in [0.4, 0.5) is 0 Å². The van der Waals surface area contributed by atoms with E-state index in [0.717, 1.165) is 0 Å². The van der Waals surface area contributed by atoms with Crippen molar-refractivity contribution in [2.45, 2.75) is 25.7 Å². The average molecular weight is 232 g/mol. The first-order valence-corrected chi connectivity index (χ1v) is 6.82. The van der Waals surface area contributed by atoms with Gasteiger partial charge in [0.1, 0.15) is 0 Å². The number of hydrogen-bond acceptors (Lipinski definition) is 0. The van der Waals surface area contributed by atoms with E-state index in [1.165, 1.54) is 47.9 Å². The molecule has 0 spiro atoms. The summed E-state index contributed by atoms with van der Waals surface area (Å²) in [4.78, 5) is 0. The fourth-order valence-electron chi connectivity index (χ4n) is 3.44. The second kappa shape index (κ2) is 3.84. The molecule has 0 fully saturated rings. The first-order chi connectivity index (χ1) is 8.93. The van der Waals surface area contributed by atoms with Gasteiger partial charge in [-0.2, -0.15) is 0 Å². The van der Waals surface area contributed by atoms with E-state index in [1.807, 2.05) is 0 Å². The average Bonchev–Trinajstić information content (AvgIpc) is 2.46. The van der Waals surface area contributed by atoms with Crippen LogP contribution in [0, 0.1) is 0 Å². The molecule has 0 unspecified atom stereocenters. The Morgan fingerprint density at radius 2 is 1.06 bits per heavy atom. The minimum Gasteiger partial charge on any atom is -0.0620 e. The molecule has 0 atom stereocenters. The van der Waals surface area contributed by atoms with Crippen LogP contribution in [0.2, 0.25) is 0 Å². The van der Waals surface area contributed by atoms with Gasteiger partial charge in [0.2, 0.25) is 0 Å². The molecule has 0 saturated heterocycles. The molecule has 0 aliphatic heterocycles. The highest BCUT2D eigenvalue weighted by Crippen LogP contribution is 2.42. The lowest BCUT2D eigenvalue weighted by atomic mass is 9.75. The summed E-state index contributed by atoms with van der Waals surface area (Å²) in [6.07, 6.45) is 4.94. The normalized spacial score (nSPS) is 16.9. The van der Waals surface area contributed by atoms with Crippen molar-refractivity contribution in [3.05, 3.63) is 76.4 Å². The molecule has 2 aliphatic carbocycles. The molecule has 0 amide bonds. The molecule has 0 N–H and O–H groups in total. The third-order valence-corrected chi connectivity index (χ3v) is 4.32. The summed E-state index contributed by atoms with van der Waals surface area (Å²) < 4.78 is 0. The molecule has 0 saturated carbocycles. The van der Waals surface area contributed by atoms with Crippen molar-refractivity contribution in [3.8, 4) is 0 Å². The highest BCUT2D eigenvalue weighted by atomic mass is 14.3. The summed E-state index contributed by atoms with van der Waals surface area (Å²) in [5.41, 5.74) is 9.21. The Hall–Kier alpha value is -1.82. The van der Waals surface area contributed by atoms with Crippen LogP contribution in [-0.4, -0.2) is 0 Å². The van der Waals surface area contributed by atoms with Gasteiger partial charge in [0.25, 0.3) is 0 Å². The lowest BCUT2D eigenvalue weighted by molar-refractivity contribution is 0.806. The molecule has 0 aromatic heterocycles. The molecule has 0 radical (unpaired) electrons. The second-order valence-corrected chi connectivity index (χ2v) is 5.29. The van der Waals surface area contributed by atoms with Crippen LogP contribution in [0.3, 0.4) is 0 Å². The number of aryl methyl sites for hydroxylation is 2. The van der Waals surface area contributed by atoms with Gasteiger partial charge in [-0.3, -0.25) is 0 Å². The van der Waals surface area contributed by atoms with Gasteiger partial charge in [-0.1, -0.05) is 54.1 Å². The van der Waals surface area contributed by atoms with Gasteiger partial charge >= 0.3 is 0 Å². The Kier molecular flexibility index (Phi) is 2.16. The van der Waals surface area contributed by atoms with E-state index in [9.17, 15) is 0 Å². The van der Waals surface area contributed by atoms with Crippen molar-refractivity contribution in [2.75, 3.05) is 0 Å². The summed E-state index contributed by atoms with van der Waals surface area (Å²) in [5.74, 6) is 0. The van der Waals surface area contributed by atoms with E-state index >= 15 is 0 Å². The lowest BCUT2D eigenvalue weighted by Gasteiger charge is -2.29. The minimum atomic E-state index is 1.22. The maximum atomic E-state index is 2.30. The molecular weight excluding hydrogens is 216 g/mol. The second-order valence-electron chi connectivity index (χ2n) is 5.29. The third-order valence-electron chi connectivity index (χ3n) is 4.32. The fourth-order valence-corrected chi connectivity index (χ4v) is 3.44. The van der Waals surface area contributed by atoms with Crippen LogP contribution in [0.25, 0.3) is 5.57 Å². The molecule has 0 bridgehead atoms. The van der Waals surface area contributed by atoms with E-state index in [2.05, 4.69) is 48.5 Å². The monoisotopic (exact) mass is 232 g/mol. The first-order valence-electron chi connectivity index (χ1n) is 6.82. The lowest BCUT2D eigenvalue weighted by Crippen LogP contribution is -2.12. The van der Waals surface area contributed by atoms with E-state index in [-0.39, 0.29) is 0 Å². The van der Waals surface area contributed by atoms with Crippen LogP contribution in [0.15, 0.2) is 54.1 Å². The smallest absolute Gasteiger partial charge is 0.0114 e. The van der Waals surface area contributed by atoms with Gasteiger partial charge in [0, 0.05) is 0 Å². The zero-order valence-corrected chi connectivity index (χ0v) is 10.4. The van der Waals surface area contributed by atoms with Gasteiger partial charge in [-0.25, -0.2) is 0 Å². The van der Waals surface area contributed by atoms with Crippen LogP contribution in [-0.2, 0) is 12.8 Å². The predicted octanol–water partition coefficient (Wildman–Crippen LogP) is 4.38. The van der Waals surface area contributed by atoms with Crippen molar-refractivity contribution >= 4 is 5.57 Å². The molecule has 2 aromatic rings. The highest BCUT2D eigenvalue weighted by molar-refractivity contribution is 5.87. The minimum absolute atomic E-state index is 1.22. The summed E-state index contributed by atoms with van der Waals surface area (Å²) in [6.45, 7) is 0. The topological polar surface area (TPSA) is 0 Å². The Morgan fingerprint density at radius 3 is 1.61 bits per heavy atom. The van der Waals surface area contributed by atoms with Gasteiger partial charge in [-0.15, -0.1) is 0 Å². The van der Waals surface area contributed by atoms with Crippen molar-refractivity contribution in [2.24, 2.45) is 0 Å². The van der Waals surface area contributed by atoms with Gasteiger partial charge < -0.3 is 0 Å². The number of benzene rings is 2. The molecule has 2 aromatic carbocycles. The number of allylic oxidation sites excluding steroid dienone is 1. The van der Waals surface area contributed by atoms with Gasteiger partial charge in [0.05, 0.1) is 0 Å². The first kappa shape index (κ1) is 10.1. The van der Waals surface area contributed by atoms with E-state index < -0.39 is 0 Å². The number of hydrogen-bond donors (Lipinski definition) is 0. The van der Waals surface area contributed by atoms with Crippen LogP contribution in [0.5, 0.6) is 0 Å². The maximum absolute atomic E-state index is 2.30. The molecule has 18 heavy (non-hydrogen) atoms. The third kappa shape index (κ3) is 1.38. The molecule has 0 heteroatoms. The predicted molar refractivity (Wildman–Crippen MR) is 75.5 cm³/mol. The van der Waals surface area contributed by atoms with Crippen LogP contribution < -0.4 is 0 Å². The number of rotatable bonds is 0. The van der Waals surface area contributed by atoms with Crippen LogP contribution >= 0.6 is 0 Å². The maximum Gasteiger partial charge on any atom is -0.0114 e. The Bertz CT molecular complexity index is 591. The quantitative estimate of drug-likeness (QED) is 0.632. The fraction of sp³-hybridized carbons (Fsp3) is 0.222. The molecular formula is C18H16. The zero-order valence-electron chi connectivity index (χ0n) is 10.4. The van der Waals surface area contributed by atoms with E-state index in [4.69, 9.17) is 0 Å². The van der Waals surface area contributed by atoms with Crippen molar-refractivity contribution in [3.63, 3.8) is 0 Å². The molecule has 0 heterocycles. The summed E-state index contributed by atoms with van der Waals surface area (Å²) >= 11 is 0. The number of fused-ring (bicyclic) bond motifs is 4. The largest absolute Gasteiger partial charge is 0.0620 e. The highest BCUT2D eigenvalue weighted by Gasteiger charge is 2.24. The Morgan fingerprint density at radius 1 is 0.556 bits per heavy atom. The van der Waals surface area contributed by atoms with E-state index in [1.54, 1.807) is 11.1 Å². The SMILES string of the molecule is c1ccc2c(c1)CCC1=C2c2ccccc2CC1. The molecule has 0 nitrogen and oxygen atoms in total. The van der Waals surface area contributed by atoms with E-state index in [0.29, 0.717) is 0 Å². The van der Waals surface area contributed by atoms with Gasteiger partial charge in [-0.05, 0) is 53.5 Å². The Balaban J connectivity index is 2.00. The molecule has 4 rings (SSSR count). The Labute approximate surface area is 108 Å². The molecule has 2 aliphatic rings.